The standard InChI is InChI=1S/C15H21NO4/c1-15(2,3)20-14(19)13(16)11-6-4-5-10(9-11)7-8-12(17)18/h4-6,9,13H,7-8,16H2,1-3H3,(H,17,18). The van der Waals surface area contributed by atoms with Crippen LogP contribution in [0.3, 0.4) is 0 Å². The maximum Gasteiger partial charge on any atom is 0.328 e. The van der Waals surface area contributed by atoms with E-state index in [-0.39, 0.29) is 6.42 Å². The second kappa shape index (κ2) is 6.52. The van der Waals surface area contributed by atoms with Crippen molar-refractivity contribution in [2.45, 2.75) is 45.3 Å². The first-order chi connectivity index (χ1) is 9.19. The lowest BCUT2D eigenvalue weighted by Gasteiger charge is -2.22. The summed E-state index contributed by atoms with van der Waals surface area (Å²) >= 11 is 0. The zero-order chi connectivity index (χ0) is 15.3. The molecule has 0 amide bonds. The Balaban J connectivity index is 2.77. The summed E-state index contributed by atoms with van der Waals surface area (Å²) in [4.78, 5) is 22.5. The van der Waals surface area contributed by atoms with Gasteiger partial charge in [-0.25, -0.2) is 4.79 Å². The molecule has 0 bridgehead atoms. The van der Waals surface area contributed by atoms with Gasteiger partial charge < -0.3 is 15.6 Å². The Kier molecular flexibility index (Phi) is 5.27. The van der Waals surface area contributed by atoms with E-state index in [4.69, 9.17) is 15.6 Å². The highest BCUT2D eigenvalue weighted by Gasteiger charge is 2.23. The van der Waals surface area contributed by atoms with Gasteiger partial charge in [0.25, 0.3) is 0 Å². The van der Waals surface area contributed by atoms with Gasteiger partial charge in [-0.2, -0.15) is 0 Å². The maximum absolute atomic E-state index is 11.9. The molecule has 0 aliphatic rings. The molecular formula is C15H21NO4. The molecule has 0 heterocycles. The molecule has 0 fully saturated rings. The minimum absolute atomic E-state index is 0.0468. The van der Waals surface area contributed by atoms with Crippen LogP contribution in [0, 0.1) is 0 Å². The van der Waals surface area contributed by atoms with E-state index in [0.29, 0.717) is 12.0 Å². The van der Waals surface area contributed by atoms with E-state index in [2.05, 4.69) is 0 Å². The van der Waals surface area contributed by atoms with Gasteiger partial charge in [-0.1, -0.05) is 24.3 Å². The van der Waals surface area contributed by atoms with Crippen molar-refractivity contribution in [2.75, 3.05) is 0 Å². The maximum atomic E-state index is 11.9. The van der Waals surface area contributed by atoms with Crippen molar-refractivity contribution in [1.82, 2.24) is 0 Å². The summed E-state index contributed by atoms with van der Waals surface area (Å²) in [5, 5.41) is 8.67. The monoisotopic (exact) mass is 279 g/mol. The molecule has 0 saturated carbocycles. The van der Waals surface area contributed by atoms with Crippen LogP contribution >= 0.6 is 0 Å². The zero-order valence-corrected chi connectivity index (χ0v) is 12.1. The molecule has 1 rings (SSSR count). The number of carbonyl (C=O) groups is 2. The van der Waals surface area contributed by atoms with Gasteiger partial charge >= 0.3 is 11.9 Å². The van der Waals surface area contributed by atoms with Crippen LogP contribution in [0.2, 0.25) is 0 Å². The summed E-state index contributed by atoms with van der Waals surface area (Å²) in [7, 11) is 0. The highest BCUT2D eigenvalue weighted by atomic mass is 16.6. The Hall–Kier alpha value is -1.88. The number of ether oxygens (including phenoxy) is 1. The molecule has 1 aromatic carbocycles. The van der Waals surface area contributed by atoms with Crippen LogP contribution < -0.4 is 5.73 Å². The van der Waals surface area contributed by atoms with Crippen molar-refractivity contribution in [3.05, 3.63) is 35.4 Å². The Morgan fingerprint density at radius 1 is 1.35 bits per heavy atom. The fraction of sp³-hybridized carbons (Fsp3) is 0.467. The van der Waals surface area contributed by atoms with E-state index in [0.717, 1.165) is 5.56 Å². The van der Waals surface area contributed by atoms with Crippen molar-refractivity contribution in [1.29, 1.82) is 0 Å². The molecule has 5 heteroatoms. The third-order valence-corrected chi connectivity index (χ3v) is 2.60. The topological polar surface area (TPSA) is 89.6 Å². The van der Waals surface area contributed by atoms with Crippen LogP contribution in [0.1, 0.15) is 44.4 Å². The number of benzene rings is 1. The SMILES string of the molecule is CC(C)(C)OC(=O)C(N)c1cccc(CCC(=O)O)c1. The van der Waals surface area contributed by atoms with Crippen LogP contribution in [-0.4, -0.2) is 22.6 Å². The number of carboxylic acid groups (broad SMARTS) is 1. The molecule has 0 spiro atoms. The number of esters is 1. The van der Waals surface area contributed by atoms with E-state index in [1.807, 2.05) is 6.07 Å². The van der Waals surface area contributed by atoms with Crippen LogP contribution in [0.15, 0.2) is 24.3 Å². The van der Waals surface area contributed by atoms with Crippen LogP contribution in [0.25, 0.3) is 0 Å². The fourth-order valence-corrected chi connectivity index (χ4v) is 1.69. The lowest BCUT2D eigenvalue weighted by atomic mass is 10.0. The molecule has 0 saturated heterocycles. The first-order valence-electron chi connectivity index (χ1n) is 6.48. The molecule has 5 nitrogen and oxygen atoms in total. The molecule has 20 heavy (non-hydrogen) atoms. The molecule has 1 aromatic rings. The smallest absolute Gasteiger partial charge is 0.328 e. The number of carbonyl (C=O) groups excluding carboxylic acids is 1. The van der Waals surface area contributed by atoms with Crippen molar-refractivity contribution in [2.24, 2.45) is 5.73 Å². The normalized spacial score (nSPS) is 12.8. The van der Waals surface area contributed by atoms with Gasteiger partial charge in [0, 0.05) is 6.42 Å². The third kappa shape index (κ3) is 5.40. The summed E-state index contributed by atoms with van der Waals surface area (Å²) < 4.78 is 5.23. The lowest BCUT2D eigenvalue weighted by molar-refractivity contribution is -0.156. The summed E-state index contributed by atoms with van der Waals surface area (Å²) in [6.07, 6.45) is 0.454. The van der Waals surface area contributed by atoms with Crippen molar-refractivity contribution >= 4 is 11.9 Å². The predicted octanol–water partition coefficient (Wildman–Crippen LogP) is 2.05. The molecule has 110 valence electrons. The molecule has 0 radical (unpaired) electrons. The average molecular weight is 279 g/mol. The molecule has 0 aliphatic heterocycles. The van der Waals surface area contributed by atoms with Crippen molar-refractivity contribution < 1.29 is 19.4 Å². The number of aliphatic carboxylic acids is 1. The van der Waals surface area contributed by atoms with Gasteiger partial charge in [-0.3, -0.25) is 4.79 Å². The fourth-order valence-electron chi connectivity index (χ4n) is 1.69. The van der Waals surface area contributed by atoms with Gasteiger partial charge in [0.05, 0.1) is 0 Å². The number of carboxylic acids is 1. The number of hydrogen-bond acceptors (Lipinski definition) is 4. The van der Waals surface area contributed by atoms with E-state index in [1.54, 1.807) is 39.0 Å². The summed E-state index contributed by atoms with van der Waals surface area (Å²) in [5.41, 5.74) is 6.76. The Bertz CT molecular complexity index is 491. The third-order valence-electron chi connectivity index (χ3n) is 2.60. The highest BCUT2D eigenvalue weighted by Crippen LogP contribution is 2.18. The molecular weight excluding hydrogens is 258 g/mol. The van der Waals surface area contributed by atoms with Gasteiger partial charge in [-0.15, -0.1) is 0 Å². The Morgan fingerprint density at radius 3 is 2.55 bits per heavy atom. The second-order valence-corrected chi connectivity index (χ2v) is 5.65. The van der Waals surface area contributed by atoms with Gasteiger partial charge in [-0.05, 0) is 38.3 Å². The zero-order valence-electron chi connectivity index (χ0n) is 12.1. The van der Waals surface area contributed by atoms with E-state index in [9.17, 15) is 9.59 Å². The van der Waals surface area contributed by atoms with E-state index < -0.39 is 23.6 Å². The summed E-state index contributed by atoms with van der Waals surface area (Å²) in [5.74, 6) is -1.35. The predicted molar refractivity (Wildman–Crippen MR) is 75.2 cm³/mol. The number of hydrogen-bond donors (Lipinski definition) is 2. The molecule has 0 aromatic heterocycles. The van der Waals surface area contributed by atoms with Crippen LogP contribution in [0.5, 0.6) is 0 Å². The van der Waals surface area contributed by atoms with E-state index in [1.165, 1.54) is 0 Å². The minimum Gasteiger partial charge on any atom is -0.481 e. The number of aryl methyl sites for hydroxylation is 1. The first kappa shape index (κ1) is 16.2. The summed E-state index contributed by atoms with van der Waals surface area (Å²) in [6, 6.07) is 6.19. The summed E-state index contributed by atoms with van der Waals surface area (Å²) in [6.45, 7) is 5.34. The average Bonchev–Trinajstić information content (AvgIpc) is 2.33. The number of nitrogens with two attached hydrogens (primary N) is 1. The molecule has 1 atom stereocenters. The van der Waals surface area contributed by atoms with Crippen LogP contribution in [-0.2, 0) is 20.7 Å². The lowest BCUT2D eigenvalue weighted by Crippen LogP contribution is -2.31. The van der Waals surface area contributed by atoms with Gasteiger partial charge in [0.15, 0.2) is 0 Å². The van der Waals surface area contributed by atoms with Crippen molar-refractivity contribution in [3.63, 3.8) is 0 Å². The quantitative estimate of drug-likeness (QED) is 0.805. The Labute approximate surface area is 118 Å². The van der Waals surface area contributed by atoms with Gasteiger partial charge in [0.1, 0.15) is 11.6 Å². The molecule has 0 aliphatic carbocycles. The van der Waals surface area contributed by atoms with Gasteiger partial charge in [0.2, 0.25) is 0 Å². The minimum atomic E-state index is -0.862. The first-order valence-corrected chi connectivity index (χ1v) is 6.48. The van der Waals surface area contributed by atoms with Crippen molar-refractivity contribution in [3.8, 4) is 0 Å². The van der Waals surface area contributed by atoms with E-state index >= 15 is 0 Å². The largest absolute Gasteiger partial charge is 0.481 e. The second-order valence-electron chi connectivity index (χ2n) is 5.65. The molecule has 3 N–H and O–H groups in total. The number of rotatable bonds is 5. The highest BCUT2D eigenvalue weighted by molar-refractivity contribution is 5.77. The Morgan fingerprint density at radius 2 is 2.00 bits per heavy atom. The van der Waals surface area contributed by atoms with Crippen LogP contribution in [0.4, 0.5) is 0 Å². The molecule has 1 unspecified atom stereocenters.